The van der Waals surface area contributed by atoms with Crippen molar-refractivity contribution in [3.8, 4) is 0 Å². The van der Waals surface area contributed by atoms with E-state index in [4.69, 9.17) is 11.6 Å². The van der Waals surface area contributed by atoms with Crippen LogP contribution in [0, 0.1) is 11.6 Å². The number of carbonyl (C=O) groups is 2. The molecule has 160 valence electrons. The Balaban J connectivity index is 1.46. The highest BCUT2D eigenvalue weighted by Gasteiger charge is 2.26. The van der Waals surface area contributed by atoms with Crippen molar-refractivity contribution in [2.24, 2.45) is 0 Å². The van der Waals surface area contributed by atoms with Crippen LogP contribution in [0.1, 0.15) is 6.92 Å². The third kappa shape index (κ3) is 5.98. The molecule has 2 amide bonds. The molecule has 0 aliphatic carbocycles. The van der Waals surface area contributed by atoms with Crippen molar-refractivity contribution in [2.45, 2.75) is 13.0 Å². The summed E-state index contributed by atoms with van der Waals surface area (Å²) in [5.74, 6) is -1.33. The molecule has 1 saturated heterocycles. The van der Waals surface area contributed by atoms with Crippen molar-refractivity contribution in [1.29, 1.82) is 0 Å². The van der Waals surface area contributed by atoms with Gasteiger partial charge in [-0.3, -0.25) is 19.4 Å². The molecule has 30 heavy (non-hydrogen) atoms. The Labute approximate surface area is 178 Å². The minimum Gasteiger partial charge on any atom is -0.325 e. The molecule has 1 fully saturated rings. The first-order valence-corrected chi connectivity index (χ1v) is 9.97. The number of hydrogen-bond acceptors (Lipinski definition) is 4. The highest BCUT2D eigenvalue weighted by atomic mass is 35.5. The van der Waals surface area contributed by atoms with Gasteiger partial charge in [-0.2, -0.15) is 0 Å². The molecule has 6 nitrogen and oxygen atoms in total. The molecule has 2 aromatic rings. The van der Waals surface area contributed by atoms with E-state index in [1.807, 2.05) is 9.80 Å². The first-order chi connectivity index (χ1) is 14.3. The summed E-state index contributed by atoms with van der Waals surface area (Å²) in [6, 6.07) is 9.16. The molecule has 0 bridgehead atoms. The number of halogens is 3. The highest BCUT2D eigenvalue weighted by molar-refractivity contribution is 6.33. The summed E-state index contributed by atoms with van der Waals surface area (Å²) in [6.45, 7) is 4.43. The van der Waals surface area contributed by atoms with Gasteiger partial charge in [0.05, 0.1) is 23.3 Å². The van der Waals surface area contributed by atoms with Crippen molar-refractivity contribution in [2.75, 3.05) is 43.4 Å². The van der Waals surface area contributed by atoms with Gasteiger partial charge in [0.2, 0.25) is 11.8 Å². The lowest BCUT2D eigenvalue weighted by atomic mass is 10.2. The van der Waals surface area contributed by atoms with Gasteiger partial charge < -0.3 is 10.6 Å². The Bertz CT molecular complexity index is 920. The molecule has 1 aliphatic heterocycles. The molecule has 3 rings (SSSR count). The Morgan fingerprint density at radius 2 is 1.73 bits per heavy atom. The molecule has 1 unspecified atom stereocenters. The first kappa shape index (κ1) is 22.1. The van der Waals surface area contributed by atoms with E-state index in [0.717, 1.165) is 6.07 Å². The molecule has 0 saturated carbocycles. The second kappa shape index (κ2) is 9.97. The van der Waals surface area contributed by atoms with Gasteiger partial charge in [-0.25, -0.2) is 8.78 Å². The fourth-order valence-corrected chi connectivity index (χ4v) is 3.49. The lowest BCUT2D eigenvalue weighted by Crippen LogP contribution is -2.53. The van der Waals surface area contributed by atoms with E-state index < -0.39 is 17.7 Å². The van der Waals surface area contributed by atoms with Crippen molar-refractivity contribution in [3.05, 3.63) is 59.1 Å². The zero-order chi connectivity index (χ0) is 21.7. The van der Waals surface area contributed by atoms with E-state index in [1.54, 1.807) is 13.0 Å². The highest BCUT2D eigenvalue weighted by Crippen LogP contribution is 2.23. The normalized spacial score (nSPS) is 16.1. The minimum atomic E-state index is -0.469. The third-order valence-corrected chi connectivity index (χ3v) is 5.31. The maximum absolute atomic E-state index is 13.2. The largest absolute Gasteiger partial charge is 0.325 e. The van der Waals surface area contributed by atoms with Crippen LogP contribution in [0.25, 0.3) is 0 Å². The second-order valence-corrected chi connectivity index (χ2v) is 7.57. The van der Waals surface area contributed by atoms with Crippen LogP contribution in [0.4, 0.5) is 20.2 Å². The predicted octanol–water partition coefficient (Wildman–Crippen LogP) is 3.20. The molecule has 1 heterocycles. The number of amides is 2. The Morgan fingerprint density at radius 1 is 1.03 bits per heavy atom. The minimum absolute atomic E-state index is 0.143. The Kier molecular flexibility index (Phi) is 7.36. The number of anilines is 2. The zero-order valence-electron chi connectivity index (χ0n) is 16.5. The second-order valence-electron chi connectivity index (χ2n) is 7.16. The van der Waals surface area contributed by atoms with Gasteiger partial charge >= 0.3 is 0 Å². The molecule has 1 atom stereocenters. The zero-order valence-corrected chi connectivity index (χ0v) is 17.3. The van der Waals surface area contributed by atoms with E-state index in [2.05, 4.69) is 10.6 Å². The van der Waals surface area contributed by atoms with Crippen LogP contribution in [0.5, 0.6) is 0 Å². The quantitative estimate of drug-likeness (QED) is 0.730. The topological polar surface area (TPSA) is 64.7 Å². The lowest BCUT2D eigenvalue weighted by molar-refractivity contribution is -0.122. The van der Waals surface area contributed by atoms with E-state index >= 15 is 0 Å². The summed E-state index contributed by atoms with van der Waals surface area (Å²) in [5, 5.41) is 5.55. The van der Waals surface area contributed by atoms with Gasteiger partial charge in [-0.15, -0.1) is 0 Å². The van der Waals surface area contributed by atoms with Gasteiger partial charge in [0.15, 0.2) is 0 Å². The summed E-state index contributed by atoms with van der Waals surface area (Å²) in [6.07, 6.45) is 0. The number of hydrogen-bond donors (Lipinski definition) is 2. The van der Waals surface area contributed by atoms with Gasteiger partial charge in [0.25, 0.3) is 0 Å². The predicted molar refractivity (Wildman–Crippen MR) is 113 cm³/mol. The number of rotatable bonds is 6. The van der Waals surface area contributed by atoms with Crippen LogP contribution in [-0.2, 0) is 9.59 Å². The van der Waals surface area contributed by atoms with E-state index in [-0.39, 0.29) is 23.4 Å². The van der Waals surface area contributed by atoms with Crippen LogP contribution in [0.2, 0.25) is 5.02 Å². The average Bonchev–Trinajstić information content (AvgIpc) is 2.70. The molecular formula is C21H23ClF2N4O2. The maximum Gasteiger partial charge on any atom is 0.241 e. The third-order valence-electron chi connectivity index (χ3n) is 5.00. The van der Waals surface area contributed by atoms with Gasteiger partial charge in [0, 0.05) is 31.9 Å². The van der Waals surface area contributed by atoms with Gasteiger partial charge in [-0.05, 0) is 43.3 Å². The van der Waals surface area contributed by atoms with E-state index in [0.29, 0.717) is 37.6 Å². The number of carbonyl (C=O) groups excluding carboxylic acids is 2. The number of benzene rings is 2. The van der Waals surface area contributed by atoms with Crippen molar-refractivity contribution < 1.29 is 18.4 Å². The first-order valence-electron chi connectivity index (χ1n) is 9.59. The molecule has 2 N–H and O–H groups in total. The van der Waals surface area contributed by atoms with Crippen molar-refractivity contribution in [1.82, 2.24) is 9.80 Å². The monoisotopic (exact) mass is 436 g/mol. The summed E-state index contributed by atoms with van der Waals surface area (Å²) in [7, 11) is 0. The fourth-order valence-electron chi connectivity index (χ4n) is 3.27. The molecule has 1 aliphatic rings. The smallest absolute Gasteiger partial charge is 0.241 e. The summed E-state index contributed by atoms with van der Waals surface area (Å²) in [5.41, 5.74) is 0.783. The molecule has 0 aromatic heterocycles. The SMILES string of the molecule is CC(C(=O)Nc1ccc(F)cc1Cl)N1CCN(CC(=O)Nc2cccc(F)c2)CC1. The number of nitrogens with one attached hydrogen (secondary N) is 2. The summed E-state index contributed by atoms with van der Waals surface area (Å²) < 4.78 is 26.4. The Morgan fingerprint density at radius 3 is 2.40 bits per heavy atom. The number of piperazine rings is 1. The molecular weight excluding hydrogens is 414 g/mol. The van der Waals surface area contributed by atoms with Gasteiger partial charge in [-0.1, -0.05) is 17.7 Å². The van der Waals surface area contributed by atoms with Crippen LogP contribution in [-0.4, -0.2) is 60.4 Å². The Hall–Kier alpha value is -2.55. The number of nitrogens with zero attached hydrogens (tertiary/aromatic N) is 2. The summed E-state index contributed by atoms with van der Waals surface area (Å²) in [4.78, 5) is 28.7. The molecule has 0 radical (unpaired) electrons. The lowest BCUT2D eigenvalue weighted by Gasteiger charge is -2.37. The van der Waals surface area contributed by atoms with Crippen LogP contribution < -0.4 is 10.6 Å². The molecule has 9 heteroatoms. The molecule has 0 spiro atoms. The molecule has 2 aromatic carbocycles. The fraction of sp³-hybridized carbons (Fsp3) is 0.333. The standard InChI is InChI=1S/C21H23ClF2N4O2/c1-14(21(30)26-19-6-5-16(24)12-18(19)22)28-9-7-27(8-10-28)13-20(29)25-17-4-2-3-15(23)11-17/h2-6,11-12,14H,7-10,13H2,1H3,(H,25,29)(H,26,30). The average molecular weight is 437 g/mol. The van der Waals surface area contributed by atoms with E-state index in [9.17, 15) is 18.4 Å². The maximum atomic E-state index is 13.2. The van der Waals surface area contributed by atoms with Gasteiger partial charge in [0.1, 0.15) is 11.6 Å². The van der Waals surface area contributed by atoms with Crippen molar-refractivity contribution >= 4 is 34.8 Å². The van der Waals surface area contributed by atoms with Crippen molar-refractivity contribution in [3.63, 3.8) is 0 Å². The van der Waals surface area contributed by atoms with Crippen LogP contribution in [0.3, 0.4) is 0 Å². The van der Waals surface area contributed by atoms with Crippen LogP contribution in [0.15, 0.2) is 42.5 Å². The van der Waals surface area contributed by atoms with E-state index in [1.165, 1.54) is 30.3 Å². The van der Waals surface area contributed by atoms with Crippen LogP contribution >= 0.6 is 11.6 Å². The summed E-state index contributed by atoms with van der Waals surface area (Å²) >= 11 is 5.96.